The van der Waals surface area contributed by atoms with Gasteiger partial charge in [-0.05, 0) is 12.8 Å². The van der Waals surface area contributed by atoms with Gasteiger partial charge in [0.1, 0.15) is 0 Å². The predicted molar refractivity (Wildman–Crippen MR) is 66.1 cm³/mol. The number of aryl methyl sites for hydroxylation is 1. The van der Waals surface area contributed by atoms with Crippen LogP contribution in [0, 0.1) is 12.8 Å². The van der Waals surface area contributed by atoms with Crippen molar-refractivity contribution in [3.8, 4) is 0 Å². The van der Waals surface area contributed by atoms with E-state index in [4.69, 9.17) is 5.11 Å². The summed E-state index contributed by atoms with van der Waals surface area (Å²) in [5, 5.41) is 9.83. The number of nitrogens with zero attached hydrogens (tertiary/aromatic N) is 1. The lowest BCUT2D eigenvalue weighted by molar-refractivity contribution is -0.136. The molecule has 1 aromatic heterocycles. The Hall–Kier alpha value is -0.900. The molecule has 0 bridgehead atoms. The highest BCUT2D eigenvalue weighted by molar-refractivity contribution is 7.12. The molecule has 0 aliphatic heterocycles. The van der Waals surface area contributed by atoms with Crippen LogP contribution in [0.15, 0.2) is 0 Å². The third-order valence-corrected chi connectivity index (χ3v) is 4.70. The van der Waals surface area contributed by atoms with E-state index >= 15 is 0 Å². The zero-order chi connectivity index (χ0) is 12.5. The van der Waals surface area contributed by atoms with E-state index in [0.717, 1.165) is 15.6 Å². The number of rotatable bonds is 4. The van der Waals surface area contributed by atoms with Crippen molar-refractivity contribution in [2.45, 2.75) is 46.5 Å². The molecule has 1 aromatic rings. The molecule has 0 radical (unpaired) electrons. The Labute approximate surface area is 101 Å². The fourth-order valence-electron chi connectivity index (χ4n) is 1.25. The Morgan fingerprint density at radius 3 is 2.50 bits per heavy atom. The maximum atomic E-state index is 10.7. The fraction of sp³-hybridized carbons (Fsp3) is 0.667. The molecule has 0 aromatic carbocycles. The predicted octanol–water partition coefficient (Wildman–Crippen LogP) is 3.01. The van der Waals surface area contributed by atoms with Crippen molar-refractivity contribution in [2.75, 3.05) is 0 Å². The van der Waals surface area contributed by atoms with E-state index in [9.17, 15) is 4.79 Å². The summed E-state index contributed by atoms with van der Waals surface area (Å²) < 4.78 is 0. The number of carboxylic acid groups (broad SMARTS) is 1. The third-order valence-electron chi connectivity index (χ3n) is 3.20. The van der Waals surface area contributed by atoms with E-state index in [1.807, 2.05) is 6.92 Å². The molecular weight excluding hydrogens is 222 g/mol. The highest BCUT2D eigenvalue weighted by atomic mass is 32.1. The molecule has 1 N–H and O–H groups in total. The number of carbonyl (C=O) groups is 1. The van der Waals surface area contributed by atoms with Gasteiger partial charge < -0.3 is 5.11 Å². The number of aliphatic carboxylic acids is 1. The van der Waals surface area contributed by atoms with Crippen molar-refractivity contribution >= 4 is 17.3 Å². The van der Waals surface area contributed by atoms with Crippen molar-refractivity contribution in [3.05, 3.63) is 15.6 Å². The number of hydrogen-bond acceptors (Lipinski definition) is 3. The summed E-state index contributed by atoms with van der Waals surface area (Å²) in [6.07, 6.45) is 0.0810. The van der Waals surface area contributed by atoms with Crippen molar-refractivity contribution in [1.82, 2.24) is 4.98 Å². The summed E-state index contributed by atoms with van der Waals surface area (Å²) in [6.45, 7) is 10.5. The first kappa shape index (κ1) is 13.2. The van der Waals surface area contributed by atoms with Gasteiger partial charge in [0, 0.05) is 10.3 Å². The summed E-state index contributed by atoms with van der Waals surface area (Å²) >= 11 is 1.53. The normalized spacial score (nSPS) is 12.1. The molecule has 0 aliphatic carbocycles. The van der Waals surface area contributed by atoms with Gasteiger partial charge in [-0.2, -0.15) is 0 Å². The summed E-state index contributed by atoms with van der Waals surface area (Å²) in [4.78, 5) is 16.1. The average Bonchev–Trinajstić information content (AvgIpc) is 2.47. The van der Waals surface area contributed by atoms with Crippen LogP contribution in [-0.4, -0.2) is 16.1 Å². The molecule has 0 spiro atoms. The first-order valence-electron chi connectivity index (χ1n) is 5.43. The van der Waals surface area contributed by atoms with Crippen molar-refractivity contribution in [2.24, 2.45) is 5.92 Å². The van der Waals surface area contributed by atoms with Gasteiger partial charge in [-0.1, -0.05) is 27.7 Å². The third kappa shape index (κ3) is 2.61. The molecule has 0 saturated heterocycles. The topological polar surface area (TPSA) is 50.2 Å². The maximum absolute atomic E-state index is 10.7. The first-order chi connectivity index (χ1) is 7.25. The molecule has 0 fully saturated rings. The lowest BCUT2D eigenvalue weighted by Crippen LogP contribution is -2.24. The van der Waals surface area contributed by atoms with Crippen molar-refractivity contribution in [1.29, 1.82) is 0 Å². The number of aromatic nitrogens is 1. The van der Waals surface area contributed by atoms with Crippen LogP contribution >= 0.6 is 11.3 Å². The summed E-state index contributed by atoms with van der Waals surface area (Å²) in [5.41, 5.74) is 0.864. The van der Waals surface area contributed by atoms with E-state index < -0.39 is 5.97 Å². The standard InChI is InChI=1S/C12H19NO2S/c1-7(2)12(4,5)11-13-8(3)9(16-11)6-10(14)15/h7H,6H2,1-5H3,(H,14,15). The molecule has 0 aliphatic rings. The van der Waals surface area contributed by atoms with Crippen LogP contribution in [-0.2, 0) is 16.6 Å². The Morgan fingerprint density at radius 1 is 1.50 bits per heavy atom. The van der Waals surface area contributed by atoms with Crippen LogP contribution in [0.1, 0.15) is 43.3 Å². The van der Waals surface area contributed by atoms with E-state index in [1.54, 1.807) is 0 Å². The van der Waals surface area contributed by atoms with Crippen LogP contribution in [0.4, 0.5) is 0 Å². The summed E-state index contributed by atoms with van der Waals surface area (Å²) in [7, 11) is 0. The summed E-state index contributed by atoms with van der Waals surface area (Å²) in [5.74, 6) is -0.309. The molecule has 0 saturated carbocycles. The van der Waals surface area contributed by atoms with Crippen molar-refractivity contribution < 1.29 is 9.90 Å². The molecule has 3 nitrogen and oxygen atoms in total. The van der Waals surface area contributed by atoms with Gasteiger partial charge in [0.05, 0.1) is 17.1 Å². The Kier molecular flexibility index (Phi) is 3.73. The first-order valence-corrected chi connectivity index (χ1v) is 6.25. The Morgan fingerprint density at radius 2 is 2.06 bits per heavy atom. The Balaban J connectivity index is 3.05. The minimum Gasteiger partial charge on any atom is -0.481 e. The zero-order valence-corrected chi connectivity index (χ0v) is 11.3. The van der Waals surface area contributed by atoms with Crippen LogP contribution in [0.25, 0.3) is 0 Å². The van der Waals surface area contributed by atoms with Crippen LogP contribution in [0.2, 0.25) is 0 Å². The highest BCUT2D eigenvalue weighted by Crippen LogP contribution is 2.35. The van der Waals surface area contributed by atoms with E-state index in [2.05, 4.69) is 32.7 Å². The molecular formula is C12H19NO2S. The van der Waals surface area contributed by atoms with Gasteiger partial charge >= 0.3 is 5.97 Å². The minimum atomic E-state index is -0.791. The second kappa shape index (κ2) is 4.53. The van der Waals surface area contributed by atoms with Gasteiger partial charge in [0.2, 0.25) is 0 Å². The largest absolute Gasteiger partial charge is 0.481 e. The lowest BCUT2D eigenvalue weighted by atomic mass is 9.82. The second-order valence-electron chi connectivity index (χ2n) is 4.97. The second-order valence-corrected chi connectivity index (χ2v) is 6.06. The lowest BCUT2D eigenvalue weighted by Gasteiger charge is -2.26. The Bertz CT molecular complexity index is 394. The van der Waals surface area contributed by atoms with Crippen molar-refractivity contribution in [3.63, 3.8) is 0 Å². The van der Waals surface area contributed by atoms with E-state index in [0.29, 0.717) is 5.92 Å². The summed E-state index contributed by atoms with van der Waals surface area (Å²) in [6, 6.07) is 0. The molecule has 0 unspecified atom stereocenters. The monoisotopic (exact) mass is 241 g/mol. The molecule has 16 heavy (non-hydrogen) atoms. The van der Waals surface area contributed by atoms with Crippen LogP contribution in [0.3, 0.4) is 0 Å². The van der Waals surface area contributed by atoms with E-state index in [-0.39, 0.29) is 11.8 Å². The van der Waals surface area contributed by atoms with E-state index in [1.165, 1.54) is 11.3 Å². The van der Waals surface area contributed by atoms with Gasteiger partial charge in [0.25, 0.3) is 0 Å². The fourth-order valence-corrected chi connectivity index (χ4v) is 2.56. The van der Waals surface area contributed by atoms with Gasteiger partial charge in [-0.25, -0.2) is 4.98 Å². The maximum Gasteiger partial charge on any atom is 0.308 e. The smallest absolute Gasteiger partial charge is 0.308 e. The molecule has 0 atom stereocenters. The van der Waals surface area contributed by atoms with Gasteiger partial charge in [-0.3, -0.25) is 4.79 Å². The van der Waals surface area contributed by atoms with Gasteiger partial charge in [0.15, 0.2) is 0 Å². The molecule has 4 heteroatoms. The minimum absolute atomic E-state index is 0.00613. The molecule has 1 heterocycles. The average molecular weight is 241 g/mol. The molecule has 90 valence electrons. The van der Waals surface area contributed by atoms with Crippen LogP contribution in [0.5, 0.6) is 0 Å². The van der Waals surface area contributed by atoms with Gasteiger partial charge in [-0.15, -0.1) is 11.3 Å². The van der Waals surface area contributed by atoms with Crippen LogP contribution < -0.4 is 0 Å². The zero-order valence-electron chi connectivity index (χ0n) is 10.5. The highest BCUT2D eigenvalue weighted by Gasteiger charge is 2.29. The molecule has 1 rings (SSSR count). The SMILES string of the molecule is Cc1nc(C(C)(C)C(C)C)sc1CC(=O)O. The number of thiazole rings is 1. The quantitative estimate of drug-likeness (QED) is 0.881. The number of carboxylic acids is 1. The number of hydrogen-bond donors (Lipinski definition) is 1. The molecule has 0 amide bonds.